The molecule has 0 spiro atoms. The van der Waals surface area contributed by atoms with E-state index in [0.29, 0.717) is 17.3 Å². The highest BCUT2D eigenvalue weighted by molar-refractivity contribution is 8.00. The molecule has 660 valence electrons. The number of ether oxygens (including phenoxy) is 16. The Morgan fingerprint density at radius 2 is 0.368 bits per heavy atom. The number of thiol groups is 1. The van der Waals surface area contributed by atoms with Crippen LogP contribution in [-0.2, 0) is 95.0 Å². The first kappa shape index (κ1) is 97.2. The summed E-state index contributed by atoms with van der Waals surface area (Å²) in [6, 6.07) is 0. The van der Waals surface area contributed by atoms with Crippen molar-refractivity contribution in [3.05, 3.63) is 0 Å². The minimum Gasteiger partial charge on any atom is -0.481 e. The zero-order chi connectivity index (χ0) is 83.1. The zero-order valence-corrected chi connectivity index (χ0v) is 68.6. The van der Waals surface area contributed by atoms with Crippen molar-refractivity contribution in [2.45, 2.75) is 292 Å². The Morgan fingerprint density at radius 1 is 0.228 bits per heavy atom. The Bertz CT molecular complexity index is 2930. The number of aliphatic hydroxyl groups is 16. The van der Waals surface area contributed by atoms with Crippen LogP contribution in [-0.4, -0.2) is 458 Å². The molecular formula is C66H108O40S8. The molecule has 30 aliphatic heterocycles. The Hall–Kier alpha value is -0.600. The van der Waals surface area contributed by atoms with E-state index in [-0.39, 0.29) is 94.7 Å². The molecule has 114 heavy (non-hydrogen) atoms. The quantitative estimate of drug-likeness (QED) is 0.0235. The van der Waals surface area contributed by atoms with Crippen molar-refractivity contribution in [2.24, 2.45) is 0 Å². The van der Waals surface area contributed by atoms with Crippen molar-refractivity contribution in [1.29, 1.82) is 0 Å². The standard InChI is InChI=1S/C66H108O40S8/c1-4-108-16-24-52-37(77)46(86)62(93-24)104-56-28(20-112-12-8-32(69)70)95-60(44(84)39(56)79)99-51-23(15-107)91-59(43(83)35(51)75)100-55-27(19-111-11-7-31(67)68)96-66(48(88)40(55)80)106-58-30(22-114-14-10-34(73)74)98-65(50(90)42(58)82)103-54-26(18-110-6-3)94-63(47(87)38(54)78)105-57-29(21-113-13-9-33(71)72)97-64(49(89)41(57)81)102-53-25(17-109-5-2)92-61(101-52)45(85)36(53)76/h23-30,35-66,75-90,107H,4-22H2,1-3H3,(H,67,68)(H,69,70)(H,71,72)(H,73,74)/t23?,24?,25?,26?,27?,28?,29?,30?,35-,36-,37-,38-,39-,40-,41-,42-,43?,44?,45?,46?,47?,48?,49?,50?,51-,52-,53-,54-,55-,56-,57-,58-,59-,60-,61+,62+,63-,64+,65-,66-/m1/s1. The fourth-order valence-corrected chi connectivity index (χ4v) is 20.4. The SMILES string of the molecule is CCSCC1O[C@@H]2O[C@@H]3C(CSCCC(=O)O)O[C@@H](O[C@@H]4C(CSCC)O[C@@H](O[C@@H]5C(CSCC)O[C@@H](O[C@@H]6C(CSCCC(=O)O)O[C@H](O[C@@H]7C(CS)O[C@H](O[C@@H]8C(CSCCC(=O)O)O[C@H](O[C@@H]9C(CSCCC(=O)O)O[C@H](O[C@H]1[C@H](O)C2O)C(O)[C@H]9O)C(O)[C@H]8O)C(O)[C@H]7O)C(O)[C@H]6O)C(O)[C@H]5O)C(O)[C@H]4O)C(O)[C@H]3O. The summed E-state index contributed by atoms with van der Waals surface area (Å²) in [6.07, 6.45) is -76.0. The maximum absolute atomic E-state index is 12.2. The molecular weight excluding hydrogens is 1690 g/mol. The van der Waals surface area contributed by atoms with Crippen molar-refractivity contribution in [2.75, 3.05) is 86.3 Å². The minimum absolute atomic E-state index is 0.0279. The van der Waals surface area contributed by atoms with Crippen LogP contribution in [0.4, 0.5) is 0 Å². The number of rotatable bonds is 30. The smallest absolute Gasteiger partial charge is 0.304 e. The van der Waals surface area contributed by atoms with E-state index in [4.69, 9.17) is 75.8 Å². The van der Waals surface area contributed by atoms with Crippen LogP contribution < -0.4 is 0 Å². The number of thioether (sulfide) groups is 7. The molecule has 30 rings (SSSR count). The maximum Gasteiger partial charge on any atom is 0.304 e. The molecule has 40 atom stereocenters. The molecule has 30 aliphatic rings. The maximum atomic E-state index is 12.2. The lowest BCUT2D eigenvalue weighted by Gasteiger charge is -2.51. The molecule has 48 heteroatoms. The molecule has 0 aromatic carbocycles. The zero-order valence-electron chi connectivity index (χ0n) is 61.9. The monoisotopic (exact) mass is 1800 g/mol. The number of carboxylic acid groups (broad SMARTS) is 4. The van der Waals surface area contributed by atoms with Crippen LogP contribution in [0, 0.1) is 0 Å². The highest BCUT2D eigenvalue weighted by Gasteiger charge is 2.61. The fraction of sp³-hybridized carbons (Fsp3) is 0.939. The minimum atomic E-state index is -2.20. The topological polar surface area (TPSA) is 621 Å². The van der Waals surface area contributed by atoms with Gasteiger partial charge in [0.05, 0.1) is 74.5 Å². The van der Waals surface area contributed by atoms with Crippen LogP contribution in [0.3, 0.4) is 0 Å². The molecule has 0 aromatic rings. The Morgan fingerprint density at radius 3 is 0.509 bits per heavy atom. The van der Waals surface area contributed by atoms with E-state index >= 15 is 0 Å². The van der Waals surface area contributed by atoms with Crippen molar-refractivity contribution >= 4 is 119 Å². The van der Waals surface area contributed by atoms with Gasteiger partial charge in [0.15, 0.2) is 50.3 Å². The summed E-state index contributed by atoms with van der Waals surface area (Å²) in [5.74, 6) is -5.20. The van der Waals surface area contributed by atoms with Crippen LogP contribution >= 0.6 is 95.0 Å². The van der Waals surface area contributed by atoms with Gasteiger partial charge in [0, 0.05) is 69.0 Å². The molecule has 16 unspecified atom stereocenters. The van der Waals surface area contributed by atoms with Crippen molar-refractivity contribution in [1.82, 2.24) is 0 Å². The van der Waals surface area contributed by atoms with Gasteiger partial charge in [-0.15, -0.1) is 0 Å². The van der Waals surface area contributed by atoms with Crippen LogP contribution in [0.5, 0.6) is 0 Å². The Kier molecular flexibility index (Phi) is 39.6. The summed E-state index contributed by atoms with van der Waals surface area (Å²) >= 11 is 12.1. The molecule has 0 aliphatic carbocycles. The summed E-state index contributed by atoms with van der Waals surface area (Å²) in [4.78, 5) is 46.8. The molecule has 16 bridgehead atoms. The first-order valence-corrected chi connectivity index (χ1v) is 45.9. The number of carboxylic acids is 4. The van der Waals surface area contributed by atoms with Gasteiger partial charge in [0.25, 0.3) is 0 Å². The second kappa shape index (κ2) is 46.4. The highest BCUT2D eigenvalue weighted by atomic mass is 32.2. The molecule has 0 amide bonds. The summed E-state index contributed by atoms with van der Waals surface area (Å²) < 4.78 is 100. The number of carbonyl (C=O) groups is 4. The Labute approximate surface area is 690 Å². The molecule has 0 radical (unpaired) electrons. The van der Waals surface area contributed by atoms with Crippen molar-refractivity contribution in [3.63, 3.8) is 0 Å². The van der Waals surface area contributed by atoms with Crippen LogP contribution in [0.2, 0.25) is 0 Å². The van der Waals surface area contributed by atoms with E-state index < -0.39 is 270 Å². The predicted octanol–water partition coefficient (Wildman–Crippen LogP) is -6.32. The van der Waals surface area contributed by atoms with Gasteiger partial charge in [-0.3, -0.25) is 19.2 Å². The van der Waals surface area contributed by atoms with Crippen molar-refractivity contribution in [3.8, 4) is 0 Å². The van der Waals surface area contributed by atoms with E-state index in [9.17, 15) is 121 Å². The molecule has 30 heterocycles. The van der Waals surface area contributed by atoms with E-state index in [1.807, 2.05) is 0 Å². The van der Waals surface area contributed by atoms with Gasteiger partial charge in [-0.2, -0.15) is 95.0 Å². The lowest BCUT2D eigenvalue weighted by molar-refractivity contribution is -0.396. The lowest BCUT2D eigenvalue weighted by Crippen LogP contribution is -2.69. The second-order valence-electron chi connectivity index (χ2n) is 28.0. The largest absolute Gasteiger partial charge is 0.481 e. The van der Waals surface area contributed by atoms with Crippen LogP contribution in [0.1, 0.15) is 46.5 Å². The van der Waals surface area contributed by atoms with E-state index in [0.717, 1.165) is 47.0 Å². The average Bonchev–Trinajstić information content (AvgIpc) is 0.772. The third kappa shape index (κ3) is 24.9. The van der Waals surface area contributed by atoms with Crippen LogP contribution in [0.25, 0.3) is 0 Å². The number of aliphatic carboxylic acids is 4. The third-order valence-corrected chi connectivity index (χ3v) is 27.6. The Balaban J connectivity index is 1.07. The summed E-state index contributed by atoms with van der Waals surface area (Å²) in [5, 5.41) is 231. The van der Waals surface area contributed by atoms with Crippen LogP contribution in [0.15, 0.2) is 0 Å². The van der Waals surface area contributed by atoms with Gasteiger partial charge in [-0.05, 0) is 17.3 Å². The predicted molar refractivity (Wildman–Crippen MR) is 406 cm³/mol. The number of hydrogen-bond donors (Lipinski definition) is 21. The molecule has 0 aromatic heterocycles. The summed E-state index contributed by atoms with van der Waals surface area (Å²) in [5.41, 5.74) is 0. The molecule has 20 N–H and O–H groups in total. The van der Waals surface area contributed by atoms with Gasteiger partial charge in [-0.25, -0.2) is 0 Å². The molecule has 40 nitrogen and oxygen atoms in total. The van der Waals surface area contributed by atoms with Crippen molar-refractivity contribution < 1.29 is 197 Å². The first-order chi connectivity index (χ1) is 54.3. The summed E-state index contributed by atoms with van der Waals surface area (Å²) in [6.45, 7) is 5.36. The molecule has 30 fully saturated rings. The van der Waals surface area contributed by atoms with E-state index in [2.05, 4.69) is 12.6 Å². The number of aliphatic hydroxyl groups excluding tert-OH is 16. The van der Waals surface area contributed by atoms with Gasteiger partial charge in [0.2, 0.25) is 0 Å². The molecule has 30 saturated heterocycles. The second-order valence-corrected chi connectivity index (χ2v) is 37.0. The summed E-state index contributed by atoms with van der Waals surface area (Å²) in [7, 11) is 0. The van der Waals surface area contributed by atoms with Gasteiger partial charge < -0.3 is 178 Å². The lowest BCUT2D eigenvalue weighted by atomic mass is 9.95. The fourth-order valence-electron chi connectivity index (χ4n) is 14.0. The average molecular weight is 1800 g/mol. The molecule has 0 saturated carbocycles. The van der Waals surface area contributed by atoms with Gasteiger partial charge in [-0.1, -0.05) is 20.8 Å². The normalized spacial score (nSPS) is 45.3. The van der Waals surface area contributed by atoms with Gasteiger partial charge >= 0.3 is 23.9 Å². The highest BCUT2D eigenvalue weighted by Crippen LogP contribution is 2.42. The first-order valence-electron chi connectivity index (χ1n) is 37.2. The van der Waals surface area contributed by atoms with Gasteiger partial charge in [0.1, 0.15) is 146 Å². The van der Waals surface area contributed by atoms with E-state index in [1.165, 1.54) is 35.3 Å². The van der Waals surface area contributed by atoms with E-state index in [1.54, 1.807) is 20.8 Å². The third-order valence-electron chi connectivity index (χ3n) is 20.1. The number of hydrogen-bond acceptors (Lipinski definition) is 44.